The highest BCUT2D eigenvalue weighted by Crippen LogP contribution is 2.23. The van der Waals surface area contributed by atoms with Crippen LogP contribution in [0.3, 0.4) is 0 Å². The van der Waals surface area contributed by atoms with Crippen molar-refractivity contribution in [1.29, 1.82) is 0 Å². The van der Waals surface area contributed by atoms with Gasteiger partial charge >= 0.3 is 0 Å². The quantitative estimate of drug-likeness (QED) is 0.738. The molecule has 0 unspecified atom stereocenters. The van der Waals surface area contributed by atoms with Crippen LogP contribution in [0, 0.1) is 13.8 Å². The third-order valence-corrected chi connectivity index (χ3v) is 4.86. The Balaban J connectivity index is 1.54. The highest BCUT2D eigenvalue weighted by atomic mass is 15.1. The lowest BCUT2D eigenvalue weighted by molar-refractivity contribution is 0.242. The molecule has 0 saturated carbocycles. The molecule has 126 valence electrons. The van der Waals surface area contributed by atoms with Crippen molar-refractivity contribution in [3.63, 3.8) is 0 Å². The third kappa shape index (κ3) is 3.28. The molecule has 1 aliphatic heterocycles. The zero-order valence-electron chi connectivity index (χ0n) is 14.6. The van der Waals surface area contributed by atoms with Crippen LogP contribution in [-0.4, -0.2) is 31.4 Å². The fourth-order valence-corrected chi connectivity index (χ4v) is 3.39. The summed E-state index contributed by atoms with van der Waals surface area (Å²) in [6.07, 6.45) is 7.94. The van der Waals surface area contributed by atoms with E-state index in [0.717, 1.165) is 37.3 Å². The molecule has 3 aromatic rings. The lowest BCUT2D eigenvalue weighted by atomic mass is 10.0. The molecule has 0 spiro atoms. The highest BCUT2D eigenvalue weighted by molar-refractivity contribution is 5.52. The van der Waals surface area contributed by atoms with Crippen molar-refractivity contribution in [2.45, 2.75) is 33.4 Å². The van der Waals surface area contributed by atoms with Crippen LogP contribution in [0.4, 0.5) is 0 Å². The van der Waals surface area contributed by atoms with Crippen LogP contribution in [0.15, 0.2) is 43.1 Å². The Labute approximate surface area is 147 Å². The minimum Gasteiger partial charge on any atom is -0.294 e. The minimum atomic E-state index is 0.711. The summed E-state index contributed by atoms with van der Waals surface area (Å²) in [5.41, 5.74) is 7.39. The second-order valence-electron chi connectivity index (χ2n) is 6.62. The molecule has 0 amide bonds. The lowest BCUT2D eigenvalue weighted by Gasteiger charge is -2.29. The number of aromatic nitrogens is 4. The second-order valence-corrected chi connectivity index (χ2v) is 6.62. The van der Waals surface area contributed by atoms with Gasteiger partial charge in [0.2, 0.25) is 0 Å². The number of benzene rings is 1. The molecule has 0 fully saturated rings. The van der Waals surface area contributed by atoms with Crippen LogP contribution < -0.4 is 0 Å². The van der Waals surface area contributed by atoms with Gasteiger partial charge in [-0.05, 0) is 30.5 Å². The van der Waals surface area contributed by atoms with Gasteiger partial charge in [0.25, 0.3) is 0 Å². The van der Waals surface area contributed by atoms with E-state index in [4.69, 9.17) is 4.98 Å². The molecule has 4 rings (SSSR count). The van der Waals surface area contributed by atoms with E-state index in [1.54, 1.807) is 12.4 Å². The van der Waals surface area contributed by atoms with Gasteiger partial charge in [-0.3, -0.25) is 4.90 Å². The summed E-state index contributed by atoms with van der Waals surface area (Å²) in [4.78, 5) is 19.8. The maximum absolute atomic E-state index is 4.74. The summed E-state index contributed by atoms with van der Waals surface area (Å²) in [6, 6.07) is 6.51. The van der Waals surface area contributed by atoms with E-state index >= 15 is 0 Å². The predicted molar refractivity (Wildman–Crippen MR) is 96.8 cm³/mol. The summed E-state index contributed by atoms with van der Waals surface area (Å²) < 4.78 is 0. The Hall–Kier alpha value is -2.66. The van der Waals surface area contributed by atoms with Gasteiger partial charge in [-0.15, -0.1) is 0 Å². The van der Waals surface area contributed by atoms with Crippen LogP contribution in [0.1, 0.15) is 27.9 Å². The predicted octanol–water partition coefficient (Wildman–Crippen LogP) is 3.11. The average Bonchev–Trinajstić information content (AvgIpc) is 2.65. The van der Waals surface area contributed by atoms with E-state index in [-0.39, 0.29) is 0 Å². The van der Waals surface area contributed by atoms with Gasteiger partial charge in [0.15, 0.2) is 5.82 Å². The third-order valence-electron chi connectivity index (χ3n) is 4.86. The number of aryl methyl sites for hydroxylation is 2. The minimum absolute atomic E-state index is 0.711. The molecular formula is C20H21N5. The van der Waals surface area contributed by atoms with Gasteiger partial charge in [0, 0.05) is 50.2 Å². The van der Waals surface area contributed by atoms with Crippen LogP contribution in [-0.2, 0) is 19.5 Å². The van der Waals surface area contributed by atoms with E-state index in [0.29, 0.717) is 5.82 Å². The van der Waals surface area contributed by atoms with Crippen molar-refractivity contribution in [1.82, 2.24) is 24.8 Å². The summed E-state index contributed by atoms with van der Waals surface area (Å²) in [5, 5.41) is 0. The standard InChI is InChI=1S/C20H21N5/c1-14-4-3-5-15(2)18(14)12-25-7-6-19-17(11-25)10-23-20(24-19)16-8-21-13-22-9-16/h3-5,8-10,13H,6-7,11-12H2,1-2H3. The molecule has 0 aliphatic carbocycles. The normalized spacial score (nSPS) is 14.3. The maximum Gasteiger partial charge on any atom is 0.162 e. The van der Waals surface area contributed by atoms with Crippen LogP contribution in [0.5, 0.6) is 0 Å². The van der Waals surface area contributed by atoms with Gasteiger partial charge < -0.3 is 0 Å². The van der Waals surface area contributed by atoms with Crippen LogP contribution >= 0.6 is 0 Å². The van der Waals surface area contributed by atoms with Crippen molar-refractivity contribution < 1.29 is 0 Å². The lowest BCUT2D eigenvalue weighted by Crippen LogP contribution is -2.31. The van der Waals surface area contributed by atoms with Gasteiger partial charge in [-0.2, -0.15) is 0 Å². The molecule has 1 aliphatic rings. The first-order chi connectivity index (χ1) is 12.2. The van der Waals surface area contributed by atoms with Gasteiger partial charge in [0.05, 0.1) is 11.3 Å². The Morgan fingerprint density at radius 1 is 1.04 bits per heavy atom. The summed E-state index contributed by atoms with van der Waals surface area (Å²) in [7, 11) is 0. The molecule has 0 saturated heterocycles. The highest BCUT2D eigenvalue weighted by Gasteiger charge is 2.20. The molecule has 0 N–H and O–H groups in total. The number of nitrogens with zero attached hydrogens (tertiary/aromatic N) is 5. The molecule has 2 aromatic heterocycles. The SMILES string of the molecule is Cc1cccc(C)c1CN1CCc2nc(-c3cncnc3)ncc2C1. The largest absolute Gasteiger partial charge is 0.294 e. The van der Waals surface area contributed by atoms with Gasteiger partial charge in [0.1, 0.15) is 6.33 Å². The maximum atomic E-state index is 4.74. The monoisotopic (exact) mass is 331 g/mol. The molecular weight excluding hydrogens is 310 g/mol. The zero-order valence-corrected chi connectivity index (χ0v) is 14.6. The second kappa shape index (κ2) is 6.69. The van der Waals surface area contributed by atoms with Crippen molar-refractivity contribution in [3.05, 3.63) is 71.1 Å². The number of hydrogen-bond acceptors (Lipinski definition) is 5. The Bertz CT molecular complexity index is 872. The average molecular weight is 331 g/mol. The number of rotatable bonds is 3. The molecule has 5 nitrogen and oxygen atoms in total. The molecule has 0 bridgehead atoms. The van der Waals surface area contributed by atoms with Crippen molar-refractivity contribution in [2.24, 2.45) is 0 Å². The Morgan fingerprint density at radius 3 is 2.56 bits per heavy atom. The zero-order chi connectivity index (χ0) is 17.2. The Kier molecular flexibility index (Phi) is 4.24. The first-order valence-corrected chi connectivity index (χ1v) is 8.58. The first-order valence-electron chi connectivity index (χ1n) is 8.58. The van der Waals surface area contributed by atoms with E-state index in [9.17, 15) is 0 Å². The van der Waals surface area contributed by atoms with Crippen LogP contribution in [0.25, 0.3) is 11.4 Å². The summed E-state index contributed by atoms with van der Waals surface area (Å²) in [5.74, 6) is 0.711. The summed E-state index contributed by atoms with van der Waals surface area (Å²) >= 11 is 0. The number of fused-ring (bicyclic) bond motifs is 1. The number of hydrogen-bond donors (Lipinski definition) is 0. The van der Waals surface area contributed by atoms with Crippen molar-refractivity contribution in [2.75, 3.05) is 6.54 Å². The van der Waals surface area contributed by atoms with Gasteiger partial charge in [-0.25, -0.2) is 19.9 Å². The van der Waals surface area contributed by atoms with Crippen molar-refractivity contribution in [3.8, 4) is 11.4 Å². The molecule has 3 heterocycles. The van der Waals surface area contributed by atoms with E-state index < -0.39 is 0 Å². The molecule has 0 radical (unpaired) electrons. The summed E-state index contributed by atoms with van der Waals surface area (Å²) in [6.45, 7) is 7.28. The van der Waals surface area contributed by atoms with Crippen LogP contribution in [0.2, 0.25) is 0 Å². The first kappa shape index (κ1) is 15.8. The molecule has 1 aromatic carbocycles. The smallest absolute Gasteiger partial charge is 0.162 e. The van der Waals surface area contributed by atoms with E-state index in [1.165, 1.54) is 28.6 Å². The Morgan fingerprint density at radius 2 is 1.80 bits per heavy atom. The molecule has 5 heteroatoms. The van der Waals surface area contributed by atoms with Gasteiger partial charge in [-0.1, -0.05) is 18.2 Å². The topological polar surface area (TPSA) is 54.8 Å². The molecule has 0 atom stereocenters. The fourth-order valence-electron chi connectivity index (χ4n) is 3.39. The molecule has 25 heavy (non-hydrogen) atoms. The van der Waals surface area contributed by atoms with Crippen molar-refractivity contribution >= 4 is 0 Å². The van der Waals surface area contributed by atoms with E-state index in [1.807, 2.05) is 6.20 Å². The van der Waals surface area contributed by atoms with E-state index in [2.05, 4.69) is 51.9 Å². The fraction of sp³-hybridized carbons (Fsp3) is 0.300.